The first-order valence-electron chi connectivity index (χ1n) is 15.4. The predicted octanol–water partition coefficient (Wildman–Crippen LogP) is 2.97. The second-order valence-corrected chi connectivity index (χ2v) is 11.7. The monoisotopic (exact) mass is 703 g/mol. The number of aromatic nitrogens is 3. The van der Waals surface area contributed by atoms with Crippen molar-refractivity contribution in [3.8, 4) is 11.4 Å². The first kappa shape index (κ1) is 34.5. The van der Waals surface area contributed by atoms with Crippen molar-refractivity contribution in [1.82, 2.24) is 19.4 Å². The molecule has 2 atom stereocenters. The number of alkyl halides is 3. The molecule has 6 rings (SSSR count). The number of hydrogen-bond acceptors (Lipinski definition) is 9. The van der Waals surface area contributed by atoms with E-state index in [2.05, 4.69) is 10.3 Å². The van der Waals surface area contributed by atoms with Crippen LogP contribution in [0.4, 0.5) is 27.6 Å². The zero-order valence-corrected chi connectivity index (χ0v) is 26.7. The number of fused-ring (bicyclic) bond motifs is 2. The molecule has 2 aliphatic heterocycles. The van der Waals surface area contributed by atoms with Crippen molar-refractivity contribution in [1.29, 1.82) is 0 Å². The Kier molecular flexibility index (Phi) is 9.35. The van der Waals surface area contributed by atoms with Gasteiger partial charge in [-0.2, -0.15) is 13.2 Å². The van der Waals surface area contributed by atoms with Gasteiger partial charge < -0.3 is 24.4 Å². The third-order valence-corrected chi connectivity index (χ3v) is 8.78. The van der Waals surface area contributed by atoms with Crippen LogP contribution in [0.1, 0.15) is 27.9 Å². The highest BCUT2D eigenvalue weighted by Crippen LogP contribution is 2.35. The molecule has 50 heavy (non-hydrogen) atoms. The Morgan fingerprint density at radius 1 is 1.12 bits per heavy atom. The average Bonchev–Trinajstić information content (AvgIpc) is 3.10. The first-order valence-corrected chi connectivity index (χ1v) is 15.4. The number of amides is 1. The molecule has 1 amide bonds. The summed E-state index contributed by atoms with van der Waals surface area (Å²) in [5.41, 5.74) is -1.33. The molecule has 17 heteroatoms. The molecule has 1 N–H and O–H groups in total. The van der Waals surface area contributed by atoms with Crippen LogP contribution in [0.15, 0.2) is 52.3 Å². The number of methoxy groups -OCH3 is 1. The highest BCUT2D eigenvalue weighted by molar-refractivity contribution is 5.97. The predicted molar refractivity (Wildman–Crippen MR) is 168 cm³/mol. The van der Waals surface area contributed by atoms with Gasteiger partial charge in [-0.25, -0.2) is 22.9 Å². The van der Waals surface area contributed by atoms with E-state index in [0.717, 1.165) is 16.6 Å². The maximum Gasteiger partial charge on any atom is 0.411 e. The standard InChI is InChI=1S/C33H30F5N5O7/c1-41-25-15-39-8-7-20(25)30(45)43(32(41)47)24-6-5-17(19-4-3-10-50-28(19)24)12-23(31(46)48-2)40-29(44)27-21(34)13-18(14-22(27)35)42-9-11-49-16-26(42)33(36,37)38/h5-8,13-15,23,26H,3-4,9-12,16H2,1-2H3,(H,40,44)/t23-,26+/m0/s1. The van der Waals surface area contributed by atoms with Gasteiger partial charge in [0, 0.05) is 31.9 Å². The molecule has 4 aromatic rings. The second-order valence-electron chi connectivity index (χ2n) is 11.7. The molecule has 264 valence electrons. The van der Waals surface area contributed by atoms with E-state index in [0.29, 0.717) is 41.6 Å². The molecular weight excluding hydrogens is 673 g/mol. The summed E-state index contributed by atoms with van der Waals surface area (Å²) in [5.74, 6) is -4.98. The van der Waals surface area contributed by atoms with Gasteiger partial charge in [0.15, 0.2) is 0 Å². The topological polar surface area (TPSA) is 134 Å². The Morgan fingerprint density at radius 2 is 1.86 bits per heavy atom. The zero-order valence-electron chi connectivity index (χ0n) is 26.7. The van der Waals surface area contributed by atoms with Gasteiger partial charge >= 0.3 is 17.8 Å². The number of morpholine rings is 1. The summed E-state index contributed by atoms with van der Waals surface area (Å²) < 4.78 is 89.3. The van der Waals surface area contributed by atoms with Gasteiger partial charge in [-0.1, -0.05) is 6.07 Å². The zero-order chi connectivity index (χ0) is 35.9. The number of halogens is 5. The smallest absolute Gasteiger partial charge is 0.411 e. The molecule has 1 saturated heterocycles. The van der Waals surface area contributed by atoms with Crippen molar-refractivity contribution in [3.63, 3.8) is 0 Å². The van der Waals surface area contributed by atoms with Crippen molar-refractivity contribution in [2.75, 3.05) is 38.4 Å². The van der Waals surface area contributed by atoms with E-state index < -0.39 is 70.9 Å². The summed E-state index contributed by atoms with van der Waals surface area (Å²) in [7, 11) is 2.55. The fourth-order valence-electron chi connectivity index (χ4n) is 6.30. The number of esters is 1. The lowest BCUT2D eigenvalue weighted by Gasteiger charge is -2.38. The Hall–Kier alpha value is -5.32. The molecule has 2 aliphatic rings. The van der Waals surface area contributed by atoms with Crippen LogP contribution in [0.3, 0.4) is 0 Å². The molecule has 12 nitrogen and oxygen atoms in total. The molecule has 0 aliphatic carbocycles. The van der Waals surface area contributed by atoms with E-state index in [-0.39, 0.29) is 43.0 Å². The number of aryl methyl sites for hydroxylation is 1. The molecule has 0 unspecified atom stereocenters. The summed E-state index contributed by atoms with van der Waals surface area (Å²) in [6.45, 7) is -0.885. The highest BCUT2D eigenvalue weighted by Gasteiger charge is 2.46. The van der Waals surface area contributed by atoms with Crippen LogP contribution >= 0.6 is 0 Å². The number of hydrogen-bond donors (Lipinski definition) is 1. The normalized spacial score (nSPS) is 16.8. The number of ether oxygens (including phenoxy) is 3. The van der Waals surface area contributed by atoms with Gasteiger partial charge in [-0.15, -0.1) is 0 Å². The molecule has 0 radical (unpaired) electrons. The summed E-state index contributed by atoms with van der Waals surface area (Å²) in [5, 5.41) is 2.52. The van der Waals surface area contributed by atoms with Crippen LogP contribution in [-0.4, -0.2) is 77.7 Å². The van der Waals surface area contributed by atoms with E-state index in [1.54, 1.807) is 6.07 Å². The summed E-state index contributed by atoms with van der Waals surface area (Å²) >= 11 is 0. The number of carbonyl (C=O) groups excluding carboxylic acids is 2. The van der Waals surface area contributed by atoms with Crippen LogP contribution in [0.2, 0.25) is 0 Å². The first-order chi connectivity index (χ1) is 23.8. The lowest BCUT2D eigenvalue weighted by atomic mass is 9.93. The Labute approximate surface area is 280 Å². The minimum atomic E-state index is -4.75. The van der Waals surface area contributed by atoms with Crippen LogP contribution in [0, 0.1) is 11.6 Å². The van der Waals surface area contributed by atoms with Gasteiger partial charge in [-0.05, 0) is 48.2 Å². The minimum absolute atomic E-state index is 0.109. The minimum Gasteiger partial charge on any atom is -0.491 e. The van der Waals surface area contributed by atoms with Crippen molar-refractivity contribution in [3.05, 3.63) is 91.9 Å². The number of pyridine rings is 1. The number of carbonyl (C=O) groups is 2. The summed E-state index contributed by atoms with van der Waals surface area (Å²) in [6, 6.07) is 2.10. The SMILES string of the molecule is COC(=O)[C@H](Cc1ccc(-n2c(=O)c3ccncc3n(C)c2=O)c2c1CCCO2)NC(=O)c1c(F)cc(N2CCOC[C@@H]2C(F)(F)F)cc1F. The summed E-state index contributed by atoms with van der Waals surface area (Å²) in [4.78, 5) is 57.7. The lowest BCUT2D eigenvalue weighted by Crippen LogP contribution is -2.53. The largest absolute Gasteiger partial charge is 0.491 e. The lowest BCUT2D eigenvalue weighted by molar-refractivity contribution is -0.167. The van der Waals surface area contributed by atoms with E-state index >= 15 is 8.78 Å². The van der Waals surface area contributed by atoms with E-state index in [9.17, 15) is 32.3 Å². The second kappa shape index (κ2) is 13.5. The molecule has 0 saturated carbocycles. The maximum atomic E-state index is 15.3. The number of benzene rings is 2. The fourth-order valence-corrected chi connectivity index (χ4v) is 6.30. The van der Waals surface area contributed by atoms with Crippen LogP contribution in [-0.2, 0) is 34.2 Å². The van der Waals surface area contributed by atoms with Gasteiger partial charge in [-0.3, -0.25) is 19.1 Å². The Bertz CT molecular complexity index is 2090. The molecule has 0 bridgehead atoms. The third-order valence-electron chi connectivity index (χ3n) is 8.78. The van der Waals surface area contributed by atoms with Crippen molar-refractivity contribution in [2.24, 2.45) is 7.05 Å². The van der Waals surface area contributed by atoms with Gasteiger partial charge in [0.2, 0.25) is 0 Å². The summed E-state index contributed by atoms with van der Waals surface area (Å²) in [6.07, 6.45) is -1.23. The third kappa shape index (κ3) is 6.28. The Balaban J connectivity index is 1.32. The Morgan fingerprint density at radius 3 is 2.56 bits per heavy atom. The van der Waals surface area contributed by atoms with E-state index in [1.165, 1.54) is 36.1 Å². The molecule has 1 fully saturated rings. The average molecular weight is 704 g/mol. The van der Waals surface area contributed by atoms with Crippen LogP contribution in [0.25, 0.3) is 16.6 Å². The van der Waals surface area contributed by atoms with Crippen molar-refractivity contribution >= 4 is 28.5 Å². The molecular formula is C33H30F5N5O7. The number of nitrogens with one attached hydrogen (secondary N) is 1. The number of anilines is 1. The fraction of sp³-hybridized carbons (Fsp3) is 0.364. The van der Waals surface area contributed by atoms with Crippen molar-refractivity contribution in [2.45, 2.75) is 37.5 Å². The number of rotatable bonds is 7. The van der Waals surface area contributed by atoms with Gasteiger partial charge in [0.25, 0.3) is 11.5 Å². The molecule has 4 heterocycles. The molecule has 0 spiro atoms. The maximum absolute atomic E-state index is 15.3. The molecule has 2 aromatic carbocycles. The van der Waals surface area contributed by atoms with E-state index in [4.69, 9.17) is 14.2 Å². The molecule has 2 aromatic heterocycles. The van der Waals surface area contributed by atoms with Crippen molar-refractivity contribution < 1.29 is 45.8 Å². The van der Waals surface area contributed by atoms with Crippen LogP contribution < -0.4 is 26.2 Å². The van der Waals surface area contributed by atoms with Gasteiger partial charge in [0.05, 0.1) is 49.7 Å². The van der Waals surface area contributed by atoms with Crippen LogP contribution in [0.5, 0.6) is 5.75 Å². The number of nitrogens with zero attached hydrogens (tertiary/aromatic N) is 4. The quantitative estimate of drug-likeness (QED) is 0.228. The highest BCUT2D eigenvalue weighted by atomic mass is 19.4. The van der Waals surface area contributed by atoms with Gasteiger partial charge in [0.1, 0.15) is 35.0 Å². The van der Waals surface area contributed by atoms with E-state index in [1.807, 2.05) is 0 Å².